The lowest BCUT2D eigenvalue weighted by molar-refractivity contribution is -0.128. The Kier molecular flexibility index (Phi) is 8.63. The first-order valence-corrected chi connectivity index (χ1v) is 15.4. The monoisotopic (exact) mass is 615 g/mol. The van der Waals surface area contributed by atoms with E-state index in [-0.39, 0.29) is 23.8 Å². The molecule has 3 aliphatic rings. The summed E-state index contributed by atoms with van der Waals surface area (Å²) in [6.45, 7) is 9.37. The van der Waals surface area contributed by atoms with Crippen LogP contribution in [0.25, 0.3) is 10.8 Å². The Labute approximate surface area is 263 Å². The molecule has 0 spiro atoms. The fourth-order valence-corrected chi connectivity index (χ4v) is 7.32. The Morgan fingerprint density at radius 1 is 1.16 bits per heavy atom. The van der Waals surface area contributed by atoms with Gasteiger partial charge in [0.15, 0.2) is 0 Å². The number of aromatic nitrogens is 2. The van der Waals surface area contributed by atoms with Gasteiger partial charge in [-0.05, 0) is 37.1 Å². The molecule has 1 unspecified atom stereocenters. The van der Waals surface area contributed by atoms with E-state index in [9.17, 15) is 10.1 Å². The third-order valence-corrected chi connectivity index (χ3v) is 9.25. The molecule has 3 aromatic rings. The molecule has 230 valence electrons. The number of carbonyl (C=O) groups excluding carboxylic acids is 1. The van der Waals surface area contributed by atoms with Gasteiger partial charge in [0.1, 0.15) is 12.4 Å². The Morgan fingerprint density at radius 2 is 1.95 bits per heavy atom. The molecule has 10 nitrogen and oxygen atoms in total. The van der Waals surface area contributed by atoms with Crippen molar-refractivity contribution in [3.63, 3.8) is 0 Å². The summed E-state index contributed by atoms with van der Waals surface area (Å²) >= 11 is 6.71. The molecule has 11 heteroatoms. The highest BCUT2D eigenvalue weighted by Crippen LogP contribution is 2.38. The molecule has 2 saturated heterocycles. The van der Waals surface area contributed by atoms with E-state index in [0.29, 0.717) is 45.4 Å². The number of amides is 1. The Bertz CT molecular complexity index is 1590. The Hall–Kier alpha value is -3.91. The number of hydrogen-bond donors (Lipinski definition) is 0. The van der Waals surface area contributed by atoms with Crippen LogP contribution < -0.4 is 14.5 Å². The van der Waals surface area contributed by atoms with E-state index < -0.39 is 0 Å². The lowest BCUT2D eigenvalue weighted by Gasteiger charge is -2.47. The van der Waals surface area contributed by atoms with Crippen molar-refractivity contribution in [2.24, 2.45) is 5.41 Å². The molecular formula is C33H38ClN7O3. The molecule has 2 aromatic carbocycles. The first-order valence-electron chi connectivity index (χ1n) is 15.0. The number of ether oxygens (including phenoxy) is 2. The number of piperazine rings is 1. The predicted molar refractivity (Wildman–Crippen MR) is 171 cm³/mol. The average Bonchev–Trinajstić information content (AvgIpc) is 3.02. The average molecular weight is 616 g/mol. The normalized spacial score (nSPS) is 19.7. The van der Waals surface area contributed by atoms with Gasteiger partial charge in [0.2, 0.25) is 5.91 Å². The molecule has 0 radical (unpaired) electrons. The summed E-state index contributed by atoms with van der Waals surface area (Å²) in [5, 5.41) is 12.4. The van der Waals surface area contributed by atoms with Crippen molar-refractivity contribution in [3.05, 3.63) is 65.3 Å². The van der Waals surface area contributed by atoms with Crippen LogP contribution in [0.1, 0.15) is 17.7 Å². The van der Waals surface area contributed by atoms with Crippen molar-refractivity contribution in [3.8, 4) is 12.1 Å². The van der Waals surface area contributed by atoms with Gasteiger partial charge in [-0.1, -0.05) is 42.4 Å². The number of nitriles is 1. The molecule has 1 aromatic heterocycles. The zero-order chi connectivity index (χ0) is 30.8. The van der Waals surface area contributed by atoms with E-state index in [1.807, 2.05) is 12.1 Å². The van der Waals surface area contributed by atoms with Crippen molar-refractivity contribution in [2.45, 2.75) is 25.4 Å². The molecule has 6 rings (SSSR count). The summed E-state index contributed by atoms with van der Waals surface area (Å²) in [5.41, 5.74) is 2.95. The summed E-state index contributed by atoms with van der Waals surface area (Å²) in [4.78, 5) is 31.0. The largest absolute Gasteiger partial charge is 0.463 e. The van der Waals surface area contributed by atoms with Gasteiger partial charge < -0.3 is 29.1 Å². The maximum absolute atomic E-state index is 12.6. The van der Waals surface area contributed by atoms with Crippen molar-refractivity contribution in [1.29, 1.82) is 5.26 Å². The van der Waals surface area contributed by atoms with Crippen LogP contribution in [-0.4, -0.2) is 98.4 Å². The molecule has 0 bridgehead atoms. The lowest BCUT2D eigenvalue weighted by Crippen LogP contribution is -2.59. The molecule has 1 amide bonds. The fraction of sp³-hybridized carbons (Fsp3) is 0.455. The van der Waals surface area contributed by atoms with Crippen molar-refractivity contribution in [1.82, 2.24) is 19.8 Å². The minimum atomic E-state index is -0.261. The van der Waals surface area contributed by atoms with Gasteiger partial charge in [-0.2, -0.15) is 15.2 Å². The van der Waals surface area contributed by atoms with E-state index in [2.05, 4.69) is 58.7 Å². The predicted octanol–water partition coefficient (Wildman–Crippen LogP) is 3.92. The minimum Gasteiger partial charge on any atom is -0.463 e. The van der Waals surface area contributed by atoms with E-state index in [4.69, 9.17) is 31.0 Å². The number of carbonyl (C=O) groups is 1. The first-order chi connectivity index (χ1) is 21.3. The third-order valence-electron chi connectivity index (χ3n) is 8.93. The number of benzene rings is 2. The second-order valence-corrected chi connectivity index (χ2v) is 12.5. The highest BCUT2D eigenvalue weighted by Gasteiger charge is 2.42. The van der Waals surface area contributed by atoms with Gasteiger partial charge in [-0.3, -0.25) is 4.79 Å². The summed E-state index contributed by atoms with van der Waals surface area (Å²) in [6.07, 6.45) is 2.29. The number of hydrogen-bond acceptors (Lipinski definition) is 9. The molecule has 4 heterocycles. The molecule has 3 aliphatic heterocycles. The molecule has 44 heavy (non-hydrogen) atoms. The molecule has 0 aliphatic carbocycles. The number of nitrogens with zero attached hydrogens (tertiary/aromatic N) is 7. The number of methoxy groups -OCH3 is 1. The topological polar surface area (TPSA) is 98.1 Å². The van der Waals surface area contributed by atoms with Crippen molar-refractivity contribution < 1.29 is 14.3 Å². The summed E-state index contributed by atoms with van der Waals surface area (Å²) in [5.74, 6) is 0.665. The van der Waals surface area contributed by atoms with Gasteiger partial charge in [0, 0.05) is 63.0 Å². The SMILES string of the molecule is C=CC(=O)N1CCN(c2nc(OCC3(COC)CN(C)C3)nc3c2CCN(c2cccc4cccc(Cl)c24)C3)CC1CC#N. The van der Waals surface area contributed by atoms with Gasteiger partial charge in [0.25, 0.3) is 0 Å². The first kappa shape index (κ1) is 30.1. The molecule has 1 atom stereocenters. The fourth-order valence-electron chi connectivity index (χ4n) is 7.04. The van der Waals surface area contributed by atoms with E-state index in [1.54, 1.807) is 12.0 Å². The number of anilines is 2. The maximum Gasteiger partial charge on any atom is 0.318 e. The zero-order valence-electron chi connectivity index (χ0n) is 25.3. The maximum atomic E-state index is 12.6. The van der Waals surface area contributed by atoms with Crippen LogP contribution in [0.15, 0.2) is 49.1 Å². The van der Waals surface area contributed by atoms with Crippen LogP contribution in [-0.2, 0) is 22.5 Å². The van der Waals surface area contributed by atoms with Crippen LogP contribution in [0.3, 0.4) is 0 Å². The molecular weight excluding hydrogens is 578 g/mol. The number of likely N-dealkylation sites (tertiary alicyclic amines) is 1. The number of halogens is 1. The smallest absolute Gasteiger partial charge is 0.318 e. The van der Waals surface area contributed by atoms with E-state index in [0.717, 1.165) is 64.6 Å². The van der Waals surface area contributed by atoms with E-state index in [1.165, 1.54) is 6.08 Å². The van der Waals surface area contributed by atoms with Gasteiger partial charge in [-0.25, -0.2) is 0 Å². The van der Waals surface area contributed by atoms with Crippen molar-refractivity contribution >= 4 is 39.8 Å². The summed E-state index contributed by atoms with van der Waals surface area (Å²) in [7, 11) is 3.81. The highest BCUT2D eigenvalue weighted by atomic mass is 35.5. The van der Waals surface area contributed by atoms with Gasteiger partial charge >= 0.3 is 6.01 Å². The summed E-state index contributed by atoms with van der Waals surface area (Å²) < 4.78 is 11.9. The Balaban J connectivity index is 1.34. The number of rotatable bonds is 9. The van der Waals surface area contributed by atoms with Crippen LogP contribution >= 0.6 is 11.6 Å². The standard InChI is InChI=1S/C33H38ClN7O3/c1-4-29(42)41-16-15-40(17-24(41)11-13-35)31-25-12-14-39(28-10-6-8-23-7-5-9-26(34)30(23)28)18-27(25)36-32(37-31)44-22-33(21-43-3)19-38(2)20-33/h4-10,24H,1,11-12,14-22H2,2-3H3. The number of fused-ring (bicyclic) bond motifs is 2. The third kappa shape index (κ3) is 5.80. The lowest BCUT2D eigenvalue weighted by atomic mass is 9.82. The minimum absolute atomic E-state index is 0.108. The van der Waals surface area contributed by atoms with Crippen LogP contribution in [0.2, 0.25) is 5.02 Å². The van der Waals surface area contributed by atoms with Crippen LogP contribution in [0, 0.1) is 16.7 Å². The second-order valence-electron chi connectivity index (χ2n) is 12.1. The van der Waals surface area contributed by atoms with Crippen LogP contribution in [0.5, 0.6) is 6.01 Å². The molecule has 2 fully saturated rings. The molecule has 0 N–H and O–H groups in total. The summed E-state index contributed by atoms with van der Waals surface area (Å²) in [6, 6.07) is 14.6. The van der Waals surface area contributed by atoms with Gasteiger partial charge in [0.05, 0.1) is 47.8 Å². The van der Waals surface area contributed by atoms with Gasteiger partial charge in [-0.15, -0.1) is 0 Å². The zero-order valence-corrected chi connectivity index (χ0v) is 26.1. The Morgan fingerprint density at radius 3 is 2.68 bits per heavy atom. The van der Waals surface area contributed by atoms with Crippen LogP contribution in [0.4, 0.5) is 11.5 Å². The second kappa shape index (κ2) is 12.6. The van der Waals surface area contributed by atoms with E-state index >= 15 is 0 Å². The van der Waals surface area contributed by atoms with Crippen molar-refractivity contribution in [2.75, 3.05) is 76.4 Å². The molecule has 0 saturated carbocycles. The quantitative estimate of drug-likeness (QED) is 0.332. The highest BCUT2D eigenvalue weighted by molar-refractivity contribution is 6.36.